The number of hydrogen-bond acceptors (Lipinski definition) is 4. The first kappa shape index (κ1) is 19.3. The summed E-state index contributed by atoms with van der Waals surface area (Å²) in [6.07, 6.45) is 1.33. The van der Waals surface area contributed by atoms with Crippen LogP contribution in [0, 0.1) is 12.7 Å². The van der Waals surface area contributed by atoms with Gasteiger partial charge in [0.25, 0.3) is 5.91 Å². The molecule has 0 atom stereocenters. The van der Waals surface area contributed by atoms with Crippen molar-refractivity contribution in [3.05, 3.63) is 65.0 Å². The van der Waals surface area contributed by atoms with E-state index in [9.17, 15) is 18.0 Å². The van der Waals surface area contributed by atoms with E-state index in [0.717, 1.165) is 0 Å². The first-order valence-corrected chi connectivity index (χ1v) is 7.66. The Balaban J connectivity index is 1.71. The number of aryl methyl sites for hydroxylation is 1. The maximum Gasteiger partial charge on any atom is 0.387 e. The fraction of sp³-hybridized carbons (Fsp3) is 0.222. The Kier molecular flexibility index (Phi) is 7.02. The monoisotopic (exact) mass is 366 g/mol. The predicted octanol–water partition coefficient (Wildman–Crippen LogP) is 3.40. The lowest BCUT2D eigenvalue weighted by Gasteiger charge is -2.06. The van der Waals surface area contributed by atoms with E-state index in [1.165, 1.54) is 36.5 Å². The van der Waals surface area contributed by atoms with Gasteiger partial charge in [-0.1, -0.05) is 17.3 Å². The normalized spacial score (nSPS) is 11.0. The van der Waals surface area contributed by atoms with E-state index in [1.807, 2.05) is 0 Å². The number of ether oxygens (including phenoxy) is 1. The molecule has 0 unspecified atom stereocenters. The molecule has 0 bridgehead atoms. The highest BCUT2D eigenvalue weighted by Gasteiger charge is 2.04. The molecule has 5 nitrogen and oxygen atoms in total. The standard InChI is InChI=1S/C18H17F3N2O3/c1-12-2-3-14(8-16(12)19)9-22-17(24)11-25-23-10-13-4-6-15(7-5-13)26-18(20)21/h2-8,10,18H,9,11H2,1H3,(H,22,24)/b23-10+. The fourth-order valence-electron chi connectivity index (χ4n) is 1.93. The maximum atomic E-state index is 13.4. The highest BCUT2D eigenvalue weighted by Crippen LogP contribution is 2.14. The summed E-state index contributed by atoms with van der Waals surface area (Å²) in [4.78, 5) is 16.5. The van der Waals surface area contributed by atoms with Crippen LogP contribution in [0.1, 0.15) is 16.7 Å². The molecule has 0 heterocycles. The lowest BCUT2D eigenvalue weighted by atomic mass is 10.1. The number of oxime groups is 1. The molecule has 0 radical (unpaired) electrons. The van der Waals surface area contributed by atoms with E-state index < -0.39 is 12.5 Å². The molecule has 2 aromatic carbocycles. The molecule has 138 valence electrons. The Morgan fingerprint density at radius 2 is 1.96 bits per heavy atom. The van der Waals surface area contributed by atoms with Crippen molar-refractivity contribution in [2.45, 2.75) is 20.1 Å². The van der Waals surface area contributed by atoms with Gasteiger partial charge in [0.1, 0.15) is 11.6 Å². The molecule has 26 heavy (non-hydrogen) atoms. The summed E-state index contributed by atoms with van der Waals surface area (Å²) in [5, 5.41) is 6.20. The number of hydrogen-bond donors (Lipinski definition) is 1. The van der Waals surface area contributed by atoms with Crippen molar-refractivity contribution in [2.75, 3.05) is 6.61 Å². The number of rotatable bonds is 8. The molecule has 0 aromatic heterocycles. The summed E-state index contributed by atoms with van der Waals surface area (Å²) < 4.78 is 41.7. The van der Waals surface area contributed by atoms with E-state index in [4.69, 9.17) is 4.84 Å². The molecular formula is C18H17F3N2O3. The van der Waals surface area contributed by atoms with Crippen molar-refractivity contribution in [3.63, 3.8) is 0 Å². The largest absolute Gasteiger partial charge is 0.435 e. The van der Waals surface area contributed by atoms with Crippen molar-refractivity contribution in [1.82, 2.24) is 5.32 Å². The second-order valence-electron chi connectivity index (χ2n) is 5.32. The minimum absolute atomic E-state index is 0.0324. The molecule has 2 aromatic rings. The van der Waals surface area contributed by atoms with E-state index in [1.54, 1.807) is 19.1 Å². The van der Waals surface area contributed by atoms with Crippen molar-refractivity contribution < 1.29 is 27.5 Å². The summed E-state index contributed by atoms with van der Waals surface area (Å²) in [6, 6.07) is 10.5. The van der Waals surface area contributed by atoms with Gasteiger partial charge in [0, 0.05) is 6.54 Å². The topological polar surface area (TPSA) is 59.9 Å². The number of carbonyl (C=O) groups excluding carboxylic acids is 1. The van der Waals surface area contributed by atoms with Crippen LogP contribution in [0.3, 0.4) is 0 Å². The van der Waals surface area contributed by atoms with Gasteiger partial charge in [0.2, 0.25) is 0 Å². The molecule has 2 rings (SSSR count). The molecule has 0 aliphatic rings. The third-order valence-electron chi connectivity index (χ3n) is 3.30. The van der Waals surface area contributed by atoms with E-state index in [2.05, 4.69) is 15.2 Å². The number of nitrogens with zero attached hydrogens (tertiary/aromatic N) is 1. The van der Waals surface area contributed by atoms with Gasteiger partial charge in [-0.25, -0.2) is 4.39 Å². The molecule has 0 spiro atoms. The van der Waals surface area contributed by atoms with Crippen LogP contribution >= 0.6 is 0 Å². The van der Waals surface area contributed by atoms with Crippen LogP contribution in [0.4, 0.5) is 13.2 Å². The van der Waals surface area contributed by atoms with Crippen LogP contribution in [0.2, 0.25) is 0 Å². The zero-order valence-electron chi connectivity index (χ0n) is 13.9. The minimum atomic E-state index is -2.88. The number of halogens is 3. The van der Waals surface area contributed by atoms with Gasteiger partial charge in [0.15, 0.2) is 6.61 Å². The third kappa shape index (κ3) is 6.46. The number of amides is 1. The van der Waals surface area contributed by atoms with E-state index >= 15 is 0 Å². The number of nitrogens with one attached hydrogen (secondary N) is 1. The number of benzene rings is 2. The Hall–Kier alpha value is -3.03. The second-order valence-corrected chi connectivity index (χ2v) is 5.32. The lowest BCUT2D eigenvalue weighted by Crippen LogP contribution is -2.26. The quantitative estimate of drug-likeness (QED) is 0.575. The SMILES string of the molecule is Cc1ccc(CNC(=O)CO/N=C/c2ccc(OC(F)F)cc2)cc1F. The highest BCUT2D eigenvalue weighted by molar-refractivity contribution is 5.80. The van der Waals surface area contributed by atoms with Gasteiger partial charge in [-0.2, -0.15) is 8.78 Å². The highest BCUT2D eigenvalue weighted by atomic mass is 19.3. The molecule has 0 aliphatic carbocycles. The average Bonchev–Trinajstić information content (AvgIpc) is 2.60. The molecule has 0 saturated heterocycles. The van der Waals surface area contributed by atoms with Crippen molar-refractivity contribution in [1.29, 1.82) is 0 Å². The maximum absolute atomic E-state index is 13.4. The smallest absolute Gasteiger partial charge is 0.387 e. The molecule has 1 amide bonds. The zero-order chi connectivity index (χ0) is 18.9. The molecule has 0 saturated carbocycles. The Morgan fingerprint density at radius 1 is 1.23 bits per heavy atom. The summed E-state index contributed by atoms with van der Waals surface area (Å²) in [6.45, 7) is -1.36. The molecular weight excluding hydrogens is 349 g/mol. The van der Waals surface area contributed by atoms with Crippen LogP contribution < -0.4 is 10.1 Å². The van der Waals surface area contributed by atoms with Crippen molar-refractivity contribution in [3.8, 4) is 5.75 Å². The van der Waals surface area contributed by atoms with E-state index in [0.29, 0.717) is 16.7 Å². The first-order chi connectivity index (χ1) is 12.4. The third-order valence-corrected chi connectivity index (χ3v) is 3.30. The number of alkyl halides is 2. The van der Waals surface area contributed by atoms with Crippen molar-refractivity contribution in [2.24, 2.45) is 5.16 Å². The lowest BCUT2D eigenvalue weighted by molar-refractivity contribution is -0.125. The number of carbonyl (C=O) groups is 1. The van der Waals surface area contributed by atoms with Gasteiger partial charge >= 0.3 is 6.61 Å². The molecule has 0 aliphatic heterocycles. The summed E-state index contributed by atoms with van der Waals surface area (Å²) in [5.74, 6) is -0.712. The Morgan fingerprint density at radius 3 is 2.62 bits per heavy atom. The Labute approximate surface area is 148 Å². The summed E-state index contributed by atoms with van der Waals surface area (Å²) >= 11 is 0. The summed E-state index contributed by atoms with van der Waals surface area (Å²) in [5.41, 5.74) is 1.75. The zero-order valence-corrected chi connectivity index (χ0v) is 13.9. The predicted molar refractivity (Wildman–Crippen MR) is 89.6 cm³/mol. The van der Waals surface area contributed by atoms with Crippen LogP contribution in [0.15, 0.2) is 47.6 Å². The molecule has 1 N–H and O–H groups in total. The van der Waals surface area contributed by atoms with E-state index in [-0.39, 0.29) is 24.7 Å². The molecule has 0 fully saturated rings. The van der Waals surface area contributed by atoms with Crippen LogP contribution in [0.25, 0.3) is 0 Å². The minimum Gasteiger partial charge on any atom is -0.435 e. The first-order valence-electron chi connectivity index (χ1n) is 7.66. The van der Waals surface area contributed by atoms with Gasteiger partial charge in [-0.15, -0.1) is 0 Å². The van der Waals surface area contributed by atoms with Gasteiger partial charge < -0.3 is 14.9 Å². The van der Waals surface area contributed by atoms with Crippen LogP contribution in [-0.2, 0) is 16.2 Å². The summed E-state index contributed by atoms with van der Waals surface area (Å²) in [7, 11) is 0. The molecule has 8 heteroatoms. The van der Waals surface area contributed by atoms with Gasteiger partial charge in [-0.3, -0.25) is 4.79 Å². The van der Waals surface area contributed by atoms with Crippen LogP contribution in [-0.4, -0.2) is 25.3 Å². The second kappa shape index (κ2) is 9.45. The van der Waals surface area contributed by atoms with Crippen molar-refractivity contribution >= 4 is 12.1 Å². The average molecular weight is 366 g/mol. The Bertz CT molecular complexity index is 765. The fourth-order valence-corrected chi connectivity index (χ4v) is 1.93. The van der Waals surface area contributed by atoms with Gasteiger partial charge in [0.05, 0.1) is 6.21 Å². The van der Waals surface area contributed by atoms with Crippen LogP contribution in [0.5, 0.6) is 5.75 Å². The van der Waals surface area contributed by atoms with Gasteiger partial charge in [-0.05, 0) is 53.9 Å².